The number of piperidine rings is 1. The topological polar surface area (TPSA) is 28.2 Å². The number of rotatable bonds is 5. The number of ether oxygens (including phenoxy) is 2. The summed E-state index contributed by atoms with van der Waals surface area (Å²) in [6, 6.07) is 10.8. The van der Waals surface area contributed by atoms with Gasteiger partial charge in [-0.3, -0.25) is 9.34 Å². The summed E-state index contributed by atoms with van der Waals surface area (Å²) < 4.78 is 16.7. The van der Waals surface area contributed by atoms with E-state index in [1.807, 2.05) is 0 Å². The number of hydrogen-bond acceptors (Lipinski definition) is 4. The molecule has 4 aliphatic rings. The van der Waals surface area contributed by atoms with Crippen molar-refractivity contribution in [1.82, 2.24) is 14.2 Å². The first-order chi connectivity index (χ1) is 15.8. The van der Waals surface area contributed by atoms with Gasteiger partial charge in [0.2, 0.25) is 0 Å². The van der Waals surface area contributed by atoms with Crippen molar-refractivity contribution in [2.24, 2.45) is 0 Å². The Balaban J connectivity index is 1.61. The van der Waals surface area contributed by atoms with Crippen LogP contribution in [0.4, 0.5) is 0 Å². The zero-order valence-electron chi connectivity index (χ0n) is 19.1. The van der Waals surface area contributed by atoms with Gasteiger partial charge in [0.25, 0.3) is 0 Å². The van der Waals surface area contributed by atoms with Crippen LogP contribution < -0.4 is 0 Å². The molecule has 1 aromatic rings. The van der Waals surface area contributed by atoms with Crippen molar-refractivity contribution in [1.29, 1.82) is 0 Å². The number of likely N-dealkylation sites (tertiary alicyclic amines) is 1. The lowest BCUT2D eigenvalue weighted by molar-refractivity contribution is 0.0584. The summed E-state index contributed by atoms with van der Waals surface area (Å²) in [7, 11) is 0. The molecule has 7 heteroatoms. The third-order valence-electron chi connectivity index (χ3n) is 7.11. The molecule has 5 rings (SSSR count). The fourth-order valence-corrected chi connectivity index (χ4v) is 10.5. The van der Waals surface area contributed by atoms with Crippen LogP contribution in [0.1, 0.15) is 37.7 Å². The lowest BCUT2D eigenvalue weighted by Crippen LogP contribution is -2.43. The Morgan fingerprint density at radius 1 is 0.750 bits per heavy atom. The lowest BCUT2D eigenvalue weighted by Gasteiger charge is -2.47. The van der Waals surface area contributed by atoms with E-state index < -0.39 is 6.34 Å². The van der Waals surface area contributed by atoms with Crippen LogP contribution >= 0.6 is 6.34 Å². The van der Waals surface area contributed by atoms with E-state index in [-0.39, 0.29) is 0 Å². The van der Waals surface area contributed by atoms with E-state index >= 15 is 0 Å². The van der Waals surface area contributed by atoms with Gasteiger partial charge in [0.05, 0.1) is 26.4 Å². The second kappa shape index (κ2) is 10.5. The van der Waals surface area contributed by atoms with Crippen LogP contribution in [0.15, 0.2) is 46.9 Å². The Kier molecular flexibility index (Phi) is 7.47. The summed E-state index contributed by atoms with van der Waals surface area (Å²) in [6.45, 7) is 9.28. The lowest BCUT2D eigenvalue weighted by atomic mass is 10.1. The molecular formula is C25H36N3O2PS. The average Bonchev–Trinajstić information content (AvgIpc) is 3.29. The summed E-state index contributed by atoms with van der Waals surface area (Å²) in [6.07, 6.45) is 6.49. The molecule has 174 valence electrons. The van der Waals surface area contributed by atoms with Gasteiger partial charge in [-0.1, -0.05) is 42.1 Å². The van der Waals surface area contributed by atoms with E-state index in [1.54, 1.807) is 5.31 Å². The average molecular weight is 474 g/mol. The molecule has 1 aliphatic carbocycles. The van der Waals surface area contributed by atoms with Crippen molar-refractivity contribution >= 4 is 24.2 Å². The third kappa shape index (κ3) is 4.64. The summed E-state index contributed by atoms with van der Waals surface area (Å²) in [5.41, 5.74) is 4.28. The molecule has 0 spiro atoms. The first-order valence-electron chi connectivity index (χ1n) is 12.3. The van der Waals surface area contributed by atoms with Gasteiger partial charge >= 0.3 is 0 Å². The Bertz CT molecular complexity index is 864. The van der Waals surface area contributed by atoms with Gasteiger partial charge in [-0.05, 0) is 49.3 Å². The zero-order chi connectivity index (χ0) is 21.8. The smallest absolute Gasteiger partial charge is 0.105 e. The van der Waals surface area contributed by atoms with E-state index in [1.165, 1.54) is 36.1 Å². The minimum atomic E-state index is -2.05. The number of hydrogen-bond donors (Lipinski definition) is 0. The molecule has 0 amide bonds. The molecule has 3 heterocycles. The van der Waals surface area contributed by atoms with Crippen molar-refractivity contribution in [2.45, 2.75) is 32.1 Å². The summed E-state index contributed by atoms with van der Waals surface area (Å²) in [5.74, 6) is 0. The van der Waals surface area contributed by atoms with Crippen molar-refractivity contribution in [3.05, 3.63) is 52.5 Å². The Labute approximate surface area is 198 Å². The van der Waals surface area contributed by atoms with E-state index in [0.29, 0.717) is 0 Å². The van der Waals surface area contributed by atoms with Gasteiger partial charge in [-0.25, -0.2) is 0 Å². The van der Waals surface area contributed by atoms with Gasteiger partial charge in [0.15, 0.2) is 0 Å². The molecule has 0 N–H and O–H groups in total. The fourth-order valence-electron chi connectivity index (χ4n) is 5.52. The molecule has 1 aromatic carbocycles. The molecule has 5 nitrogen and oxygen atoms in total. The highest BCUT2D eigenvalue weighted by atomic mass is 32.4. The highest BCUT2D eigenvalue weighted by Crippen LogP contribution is 2.66. The summed E-state index contributed by atoms with van der Waals surface area (Å²) in [5, 5.41) is 1.56. The molecule has 3 fully saturated rings. The summed E-state index contributed by atoms with van der Waals surface area (Å²) in [4.78, 5) is 2.68. The third-order valence-corrected chi connectivity index (χ3v) is 12.6. The highest BCUT2D eigenvalue weighted by Gasteiger charge is 2.42. The molecular weight excluding hydrogens is 437 g/mol. The molecule has 0 aromatic heterocycles. The summed E-state index contributed by atoms with van der Waals surface area (Å²) >= 11 is 6.81. The van der Waals surface area contributed by atoms with Gasteiger partial charge in [0.1, 0.15) is 6.34 Å². The minimum Gasteiger partial charge on any atom is -0.379 e. The SMILES string of the molecule is S=P(C1=C(N2CCCCC2)/C(=C/c2ccccc2)CC1)(N1CCOCC1)N1CCOCC1. The van der Waals surface area contributed by atoms with Crippen LogP contribution in [0, 0.1) is 0 Å². The largest absolute Gasteiger partial charge is 0.379 e. The van der Waals surface area contributed by atoms with Crippen LogP contribution in [-0.2, 0) is 21.3 Å². The number of benzene rings is 1. The maximum Gasteiger partial charge on any atom is 0.105 e. The molecule has 0 saturated carbocycles. The first kappa shape index (κ1) is 22.8. The number of nitrogens with zero attached hydrogens (tertiary/aromatic N) is 3. The predicted molar refractivity (Wildman–Crippen MR) is 135 cm³/mol. The molecule has 0 radical (unpaired) electrons. The fraction of sp³-hybridized carbons (Fsp3) is 0.600. The molecule has 3 saturated heterocycles. The van der Waals surface area contributed by atoms with Gasteiger partial charge in [0, 0.05) is 50.3 Å². The van der Waals surface area contributed by atoms with E-state index in [4.69, 9.17) is 21.3 Å². The van der Waals surface area contributed by atoms with Crippen LogP contribution in [0.25, 0.3) is 6.08 Å². The second-order valence-electron chi connectivity index (χ2n) is 9.10. The van der Waals surface area contributed by atoms with Crippen molar-refractivity contribution in [3.8, 4) is 0 Å². The van der Waals surface area contributed by atoms with E-state index in [9.17, 15) is 0 Å². The number of allylic oxidation sites excluding steroid dienone is 2. The second-order valence-corrected chi connectivity index (χ2v) is 13.4. The minimum absolute atomic E-state index is 0.793. The van der Waals surface area contributed by atoms with E-state index in [2.05, 4.69) is 50.6 Å². The van der Waals surface area contributed by atoms with Gasteiger partial charge < -0.3 is 14.4 Å². The van der Waals surface area contributed by atoms with Gasteiger partial charge in [-0.15, -0.1) is 0 Å². The van der Waals surface area contributed by atoms with Crippen LogP contribution in [0.3, 0.4) is 0 Å². The zero-order valence-corrected chi connectivity index (χ0v) is 20.8. The molecule has 0 bridgehead atoms. The Hall–Kier alpha value is -1.01. The van der Waals surface area contributed by atoms with Crippen LogP contribution in [-0.4, -0.2) is 79.9 Å². The van der Waals surface area contributed by atoms with E-state index in [0.717, 1.165) is 78.5 Å². The quantitative estimate of drug-likeness (QED) is 0.584. The predicted octanol–water partition coefficient (Wildman–Crippen LogP) is 4.54. The van der Waals surface area contributed by atoms with Crippen molar-refractivity contribution < 1.29 is 9.47 Å². The molecule has 3 aliphatic heterocycles. The Morgan fingerprint density at radius 3 is 1.94 bits per heavy atom. The van der Waals surface area contributed by atoms with Crippen LogP contribution in [0.5, 0.6) is 0 Å². The number of morpholine rings is 2. The normalized spacial score (nSPS) is 25.6. The maximum absolute atomic E-state index is 6.81. The van der Waals surface area contributed by atoms with Crippen LogP contribution in [0.2, 0.25) is 0 Å². The van der Waals surface area contributed by atoms with Gasteiger partial charge in [-0.2, -0.15) is 0 Å². The monoisotopic (exact) mass is 473 g/mol. The molecule has 0 unspecified atom stereocenters. The van der Waals surface area contributed by atoms with Crippen molar-refractivity contribution in [3.63, 3.8) is 0 Å². The molecule has 32 heavy (non-hydrogen) atoms. The molecule has 0 atom stereocenters. The highest BCUT2D eigenvalue weighted by molar-refractivity contribution is 8.14. The standard InChI is InChI=1S/C25H36N3O2PS/c32-31(27-13-17-29-18-14-27,28-15-19-30-20-16-28)24-10-9-23(21-22-7-3-1-4-8-22)25(24)26-11-5-2-6-12-26/h1,3-4,7-8,21H,2,5-6,9-20H2/b23-21+. The Morgan fingerprint density at radius 2 is 1.34 bits per heavy atom. The van der Waals surface area contributed by atoms with Crippen molar-refractivity contribution in [2.75, 3.05) is 65.7 Å². The maximum atomic E-state index is 6.81. The first-order valence-corrected chi connectivity index (χ1v) is 15.0.